The third kappa shape index (κ3) is 6.53. The van der Waals surface area contributed by atoms with Gasteiger partial charge < -0.3 is 14.8 Å². The molecule has 4 rings (SSSR count). The topological polar surface area (TPSA) is 84.9 Å². The van der Waals surface area contributed by atoms with Crippen LogP contribution in [0.5, 0.6) is 11.5 Å². The summed E-state index contributed by atoms with van der Waals surface area (Å²) in [5, 5.41) is 3.44. The van der Waals surface area contributed by atoms with E-state index in [0.717, 1.165) is 16.7 Å². The van der Waals surface area contributed by atoms with Gasteiger partial charge in [-0.1, -0.05) is 59.6 Å². The van der Waals surface area contributed by atoms with Crippen LogP contribution in [-0.2, 0) is 23.1 Å². The number of carbonyl (C=O) groups excluding carboxylic acids is 1. The number of anilines is 1. The Labute approximate surface area is 234 Å². The summed E-state index contributed by atoms with van der Waals surface area (Å²) >= 11 is 6.05. The lowest BCUT2D eigenvalue weighted by atomic mass is 10.1. The Balaban J connectivity index is 1.69. The molecule has 202 valence electrons. The highest BCUT2D eigenvalue weighted by atomic mass is 35.5. The smallest absolute Gasteiger partial charge is 0.264 e. The van der Waals surface area contributed by atoms with E-state index in [0.29, 0.717) is 16.5 Å². The van der Waals surface area contributed by atoms with Gasteiger partial charge in [-0.2, -0.15) is 0 Å². The number of sulfonamides is 1. The maximum absolute atomic E-state index is 13.9. The fourth-order valence-corrected chi connectivity index (χ4v) is 5.64. The van der Waals surface area contributed by atoms with E-state index in [9.17, 15) is 13.2 Å². The second-order valence-corrected chi connectivity index (χ2v) is 11.1. The number of nitrogens with one attached hydrogen (secondary N) is 1. The molecule has 0 aromatic heterocycles. The number of ether oxygens (including phenoxy) is 2. The van der Waals surface area contributed by atoms with Gasteiger partial charge in [-0.15, -0.1) is 0 Å². The summed E-state index contributed by atoms with van der Waals surface area (Å²) in [6.45, 7) is 2.10. The molecule has 0 fully saturated rings. The van der Waals surface area contributed by atoms with E-state index in [4.69, 9.17) is 21.1 Å². The largest absolute Gasteiger partial charge is 0.493 e. The number of carbonyl (C=O) groups is 1. The highest BCUT2D eigenvalue weighted by molar-refractivity contribution is 7.92. The molecule has 9 heteroatoms. The highest BCUT2D eigenvalue weighted by Crippen LogP contribution is 2.31. The number of rotatable bonds is 10. The Bertz CT molecular complexity index is 1560. The monoisotopic (exact) mass is 564 g/mol. The molecule has 0 saturated heterocycles. The Morgan fingerprint density at radius 2 is 1.49 bits per heavy atom. The third-order valence-electron chi connectivity index (χ3n) is 6.17. The fourth-order valence-electron chi connectivity index (χ4n) is 4.04. The van der Waals surface area contributed by atoms with Gasteiger partial charge in [-0.3, -0.25) is 9.10 Å². The Morgan fingerprint density at radius 1 is 0.846 bits per heavy atom. The van der Waals surface area contributed by atoms with Gasteiger partial charge >= 0.3 is 0 Å². The molecule has 4 aromatic rings. The minimum atomic E-state index is -4.03. The van der Waals surface area contributed by atoms with Crippen molar-refractivity contribution in [3.8, 4) is 11.5 Å². The molecular formula is C30H29ClN2O5S. The average molecular weight is 565 g/mol. The number of benzene rings is 4. The lowest BCUT2D eigenvalue weighted by Gasteiger charge is -2.27. The molecule has 0 radical (unpaired) electrons. The number of nitrogens with zero attached hydrogens (tertiary/aromatic N) is 1. The number of hydrogen-bond acceptors (Lipinski definition) is 5. The number of halogens is 1. The van der Waals surface area contributed by atoms with Crippen LogP contribution in [0.25, 0.3) is 0 Å². The van der Waals surface area contributed by atoms with E-state index in [2.05, 4.69) is 5.32 Å². The van der Waals surface area contributed by atoms with Crippen molar-refractivity contribution in [3.63, 3.8) is 0 Å². The van der Waals surface area contributed by atoms with E-state index in [1.807, 2.05) is 13.0 Å². The van der Waals surface area contributed by atoms with Crippen molar-refractivity contribution in [3.05, 3.63) is 118 Å². The van der Waals surface area contributed by atoms with Crippen molar-refractivity contribution in [1.29, 1.82) is 0 Å². The van der Waals surface area contributed by atoms with Crippen molar-refractivity contribution < 1.29 is 22.7 Å². The Kier molecular flexibility index (Phi) is 8.79. The second-order valence-electron chi connectivity index (χ2n) is 8.84. The van der Waals surface area contributed by atoms with Gasteiger partial charge in [0, 0.05) is 11.6 Å². The molecule has 1 N–H and O–H groups in total. The summed E-state index contributed by atoms with van der Waals surface area (Å²) in [5.74, 6) is 0.709. The lowest BCUT2D eigenvalue weighted by Crippen LogP contribution is -2.33. The van der Waals surface area contributed by atoms with E-state index < -0.39 is 15.9 Å². The van der Waals surface area contributed by atoms with Gasteiger partial charge in [-0.25, -0.2) is 8.42 Å². The summed E-state index contributed by atoms with van der Waals surface area (Å²) < 4.78 is 39.8. The van der Waals surface area contributed by atoms with Gasteiger partial charge in [-0.05, 0) is 66.6 Å². The van der Waals surface area contributed by atoms with Crippen LogP contribution in [0.3, 0.4) is 0 Å². The molecule has 39 heavy (non-hydrogen) atoms. The van der Waals surface area contributed by atoms with Crippen LogP contribution in [0.4, 0.5) is 5.69 Å². The minimum absolute atomic E-state index is 0.00729. The van der Waals surface area contributed by atoms with E-state index in [1.165, 1.54) is 4.31 Å². The predicted molar refractivity (Wildman–Crippen MR) is 153 cm³/mol. The maximum atomic E-state index is 13.9. The van der Waals surface area contributed by atoms with Crippen molar-refractivity contribution in [2.24, 2.45) is 0 Å². The molecule has 0 bridgehead atoms. The molecule has 0 aliphatic heterocycles. The summed E-state index contributed by atoms with van der Waals surface area (Å²) in [7, 11) is -0.935. The van der Waals surface area contributed by atoms with Gasteiger partial charge in [0.15, 0.2) is 11.5 Å². The van der Waals surface area contributed by atoms with Crippen LogP contribution >= 0.6 is 11.6 Å². The summed E-state index contributed by atoms with van der Waals surface area (Å²) in [6, 6.07) is 25.6. The molecule has 4 aromatic carbocycles. The Morgan fingerprint density at radius 3 is 2.15 bits per heavy atom. The minimum Gasteiger partial charge on any atom is -0.493 e. The van der Waals surface area contributed by atoms with E-state index >= 15 is 0 Å². The number of aryl methyl sites for hydroxylation is 1. The first-order valence-electron chi connectivity index (χ1n) is 12.1. The first-order valence-corrected chi connectivity index (χ1v) is 14.0. The van der Waals surface area contributed by atoms with Crippen LogP contribution < -0.4 is 19.1 Å². The van der Waals surface area contributed by atoms with Crippen LogP contribution in [0.15, 0.2) is 95.9 Å². The molecule has 0 aliphatic rings. The summed E-state index contributed by atoms with van der Waals surface area (Å²) in [6.07, 6.45) is 0. The molecule has 1 amide bonds. The highest BCUT2D eigenvalue weighted by Gasteiger charge is 2.28. The molecule has 0 heterocycles. The predicted octanol–water partition coefficient (Wildman–Crippen LogP) is 5.99. The molecule has 0 atom stereocenters. The zero-order valence-corrected chi connectivity index (χ0v) is 23.4. The van der Waals surface area contributed by atoms with Gasteiger partial charge in [0.25, 0.3) is 15.9 Å². The van der Waals surface area contributed by atoms with Gasteiger partial charge in [0.05, 0.1) is 36.9 Å². The summed E-state index contributed by atoms with van der Waals surface area (Å²) in [5.41, 5.74) is 2.94. The zero-order valence-electron chi connectivity index (χ0n) is 21.8. The molecule has 0 aliphatic carbocycles. The van der Waals surface area contributed by atoms with Crippen LogP contribution in [0.1, 0.15) is 27.0 Å². The van der Waals surface area contributed by atoms with Crippen molar-refractivity contribution in [1.82, 2.24) is 5.32 Å². The molecular weight excluding hydrogens is 536 g/mol. The summed E-state index contributed by atoms with van der Waals surface area (Å²) in [4.78, 5) is 13.5. The standard InChI is InChI=1S/C30H29ClN2O5S/c1-21-8-15-25(16-9-21)39(35,36)33(20-22-10-13-24(31)14-11-22)27-7-5-4-6-26(27)30(34)32-19-23-12-17-28(37-2)29(18-23)38-3/h4-18H,19-20H2,1-3H3,(H,32,34). The lowest BCUT2D eigenvalue weighted by molar-refractivity contribution is 0.0951. The number of amides is 1. The first kappa shape index (κ1) is 28.0. The number of para-hydroxylation sites is 1. The SMILES string of the molecule is COc1ccc(CNC(=O)c2ccccc2N(Cc2ccc(Cl)cc2)S(=O)(=O)c2ccc(C)cc2)cc1OC. The number of methoxy groups -OCH3 is 2. The first-order chi connectivity index (χ1) is 18.7. The number of hydrogen-bond donors (Lipinski definition) is 1. The van der Waals surface area contributed by atoms with Crippen molar-refractivity contribution in [2.45, 2.75) is 24.9 Å². The normalized spacial score (nSPS) is 11.1. The van der Waals surface area contributed by atoms with Crippen LogP contribution in [-0.4, -0.2) is 28.5 Å². The third-order valence-corrected chi connectivity index (χ3v) is 8.19. The Hall–Kier alpha value is -4.01. The molecule has 0 unspecified atom stereocenters. The molecule has 0 spiro atoms. The van der Waals surface area contributed by atoms with E-state index in [-0.39, 0.29) is 29.2 Å². The van der Waals surface area contributed by atoms with Crippen molar-refractivity contribution in [2.75, 3.05) is 18.5 Å². The second kappa shape index (κ2) is 12.2. The van der Waals surface area contributed by atoms with Crippen molar-refractivity contribution >= 4 is 33.2 Å². The van der Waals surface area contributed by atoms with Crippen LogP contribution in [0.2, 0.25) is 5.02 Å². The van der Waals surface area contributed by atoms with E-state index in [1.54, 1.807) is 99.1 Å². The van der Waals surface area contributed by atoms with Gasteiger partial charge in [0.2, 0.25) is 0 Å². The molecule has 7 nitrogen and oxygen atoms in total. The average Bonchev–Trinajstić information content (AvgIpc) is 2.95. The molecule has 0 saturated carbocycles. The maximum Gasteiger partial charge on any atom is 0.264 e. The fraction of sp³-hybridized carbons (Fsp3) is 0.167. The quantitative estimate of drug-likeness (QED) is 0.256. The van der Waals surface area contributed by atoms with Crippen LogP contribution in [0, 0.1) is 6.92 Å². The van der Waals surface area contributed by atoms with Gasteiger partial charge in [0.1, 0.15) is 0 Å². The zero-order chi connectivity index (χ0) is 28.0.